The highest BCUT2D eigenvalue weighted by atomic mass is 32.1. The molecule has 1 aromatic heterocycles. The van der Waals surface area contributed by atoms with Crippen LogP contribution in [0.4, 0.5) is 0 Å². The number of carbonyl (C=O) groups excluding carboxylic acids is 1. The molecule has 0 saturated carbocycles. The average molecular weight is 309 g/mol. The fourth-order valence-corrected chi connectivity index (χ4v) is 3.51. The maximum absolute atomic E-state index is 12.3. The van der Waals surface area contributed by atoms with E-state index in [0.717, 1.165) is 25.8 Å². The van der Waals surface area contributed by atoms with Gasteiger partial charge in [-0.15, -0.1) is 0 Å². The molecule has 2 rings (SSSR count). The zero-order valence-corrected chi connectivity index (χ0v) is 13.5. The van der Waals surface area contributed by atoms with Gasteiger partial charge < -0.3 is 10.0 Å². The Bertz CT molecular complexity index is 496. The first-order valence-corrected chi connectivity index (χ1v) is 8.38. The van der Waals surface area contributed by atoms with Gasteiger partial charge in [-0.1, -0.05) is 0 Å². The minimum atomic E-state index is -0.778. The van der Waals surface area contributed by atoms with Crippen molar-refractivity contribution in [1.29, 1.82) is 0 Å². The summed E-state index contributed by atoms with van der Waals surface area (Å²) >= 11 is 1.64. The van der Waals surface area contributed by atoms with Gasteiger partial charge in [0.25, 0.3) is 0 Å². The maximum Gasteiger partial charge on any atom is 0.309 e. The van der Waals surface area contributed by atoms with E-state index >= 15 is 0 Å². The molecule has 1 amide bonds. The molecule has 0 aliphatic carbocycles. The third-order valence-electron chi connectivity index (χ3n) is 4.55. The molecule has 0 aromatic carbocycles. The number of carboxylic acid groups (broad SMARTS) is 1. The Morgan fingerprint density at radius 1 is 1.48 bits per heavy atom. The van der Waals surface area contributed by atoms with Crippen LogP contribution >= 0.6 is 11.3 Å². The highest BCUT2D eigenvalue weighted by molar-refractivity contribution is 7.07. The highest BCUT2D eigenvalue weighted by Crippen LogP contribution is 2.34. The second-order valence-corrected chi connectivity index (χ2v) is 7.12. The molecule has 1 unspecified atom stereocenters. The van der Waals surface area contributed by atoms with Crippen LogP contribution in [-0.4, -0.2) is 35.0 Å². The molecule has 0 spiro atoms. The molecule has 1 aliphatic rings. The number of aliphatic carboxylic acids is 1. The van der Waals surface area contributed by atoms with Crippen LogP contribution in [0, 0.1) is 11.3 Å². The number of hydrogen-bond acceptors (Lipinski definition) is 3. The molecule has 1 atom stereocenters. The molecule has 21 heavy (non-hydrogen) atoms. The van der Waals surface area contributed by atoms with Crippen LogP contribution in [0.15, 0.2) is 16.8 Å². The van der Waals surface area contributed by atoms with E-state index in [1.165, 1.54) is 5.56 Å². The number of carbonyl (C=O) groups is 2. The van der Waals surface area contributed by atoms with Crippen LogP contribution in [0.25, 0.3) is 0 Å². The van der Waals surface area contributed by atoms with Gasteiger partial charge in [0.1, 0.15) is 0 Å². The summed E-state index contributed by atoms with van der Waals surface area (Å²) < 4.78 is 0. The van der Waals surface area contributed by atoms with Crippen LogP contribution in [0.5, 0.6) is 0 Å². The predicted octanol–water partition coefficient (Wildman–Crippen LogP) is 3.03. The fourth-order valence-electron chi connectivity index (χ4n) is 2.81. The number of carboxylic acids is 1. The van der Waals surface area contributed by atoms with Gasteiger partial charge in [-0.2, -0.15) is 11.3 Å². The topological polar surface area (TPSA) is 57.6 Å². The number of thiophene rings is 1. The van der Waals surface area contributed by atoms with Gasteiger partial charge >= 0.3 is 5.97 Å². The van der Waals surface area contributed by atoms with Gasteiger partial charge in [-0.25, -0.2) is 0 Å². The molecule has 1 fully saturated rings. The smallest absolute Gasteiger partial charge is 0.309 e. The predicted molar refractivity (Wildman–Crippen MR) is 83.4 cm³/mol. The standard InChI is InChI=1S/C16H23NO3S/c1-16(2,15(19)20)13-4-3-8-17(10-13)14(18)6-5-12-7-9-21-11-12/h7,9,11,13H,3-6,8,10H2,1-2H3,(H,19,20). The molecular formula is C16H23NO3S. The minimum absolute atomic E-state index is 0.0360. The Hall–Kier alpha value is -1.36. The van der Waals surface area contributed by atoms with E-state index in [2.05, 4.69) is 5.38 Å². The molecular weight excluding hydrogens is 286 g/mol. The number of likely N-dealkylation sites (tertiary alicyclic amines) is 1. The molecule has 0 radical (unpaired) electrons. The van der Waals surface area contributed by atoms with Crippen molar-refractivity contribution in [3.8, 4) is 0 Å². The third kappa shape index (κ3) is 3.84. The zero-order valence-electron chi connectivity index (χ0n) is 12.7. The van der Waals surface area contributed by atoms with Gasteiger partial charge in [0.15, 0.2) is 0 Å². The van der Waals surface area contributed by atoms with Crippen molar-refractivity contribution in [3.63, 3.8) is 0 Å². The highest BCUT2D eigenvalue weighted by Gasteiger charge is 2.39. The van der Waals surface area contributed by atoms with E-state index in [-0.39, 0.29) is 11.8 Å². The molecule has 5 heteroatoms. The van der Waals surface area contributed by atoms with E-state index in [1.807, 2.05) is 16.3 Å². The Labute approximate surface area is 129 Å². The van der Waals surface area contributed by atoms with Crippen LogP contribution in [0.2, 0.25) is 0 Å². The number of piperidine rings is 1. The number of rotatable bonds is 5. The zero-order chi connectivity index (χ0) is 15.5. The molecule has 1 aromatic rings. The second kappa shape index (κ2) is 6.60. The van der Waals surface area contributed by atoms with Gasteiger partial charge in [0.05, 0.1) is 5.41 Å². The van der Waals surface area contributed by atoms with Gasteiger partial charge in [-0.05, 0) is 61.4 Å². The molecule has 1 saturated heterocycles. The lowest BCUT2D eigenvalue weighted by atomic mass is 9.74. The van der Waals surface area contributed by atoms with Crippen molar-refractivity contribution in [2.75, 3.05) is 13.1 Å². The van der Waals surface area contributed by atoms with E-state index in [4.69, 9.17) is 0 Å². The van der Waals surface area contributed by atoms with Crippen LogP contribution in [0.3, 0.4) is 0 Å². The van der Waals surface area contributed by atoms with Gasteiger partial charge in [0, 0.05) is 19.5 Å². The van der Waals surface area contributed by atoms with Crippen molar-refractivity contribution in [2.24, 2.45) is 11.3 Å². The number of nitrogens with zero attached hydrogens (tertiary/aromatic N) is 1. The average Bonchev–Trinajstić information content (AvgIpc) is 2.98. The van der Waals surface area contributed by atoms with Gasteiger partial charge in [-0.3, -0.25) is 9.59 Å². The lowest BCUT2D eigenvalue weighted by molar-refractivity contribution is -0.153. The van der Waals surface area contributed by atoms with Crippen molar-refractivity contribution < 1.29 is 14.7 Å². The Kier molecular flexibility index (Phi) is 5.04. The molecule has 4 nitrogen and oxygen atoms in total. The molecule has 0 bridgehead atoms. The largest absolute Gasteiger partial charge is 0.481 e. The van der Waals surface area contributed by atoms with E-state index in [9.17, 15) is 14.7 Å². The summed E-state index contributed by atoms with van der Waals surface area (Å²) in [5, 5.41) is 13.4. The first kappa shape index (κ1) is 16.0. The minimum Gasteiger partial charge on any atom is -0.481 e. The summed E-state index contributed by atoms with van der Waals surface area (Å²) in [5.41, 5.74) is 0.430. The third-order valence-corrected chi connectivity index (χ3v) is 5.29. The monoisotopic (exact) mass is 309 g/mol. The summed E-state index contributed by atoms with van der Waals surface area (Å²) in [5.74, 6) is -0.596. The summed E-state index contributed by atoms with van der Waals surface area (Å²) in [7, 11) is 0. The second-order valence-electron chi connectivity index (χ2n) is 6.34. The van der Waals surface area contributed by atoms with Crippen LogP contribution in [-0.2, 0) is 16.0 Å². The van der Waals surface area contributed by atoms with Crippen molar-refractivity contribution in [2.45, 2.75) is 39.5 Å². The lowest BCUT2D eigenvalue weighted by Gasteiger charge is -2.39. The Balaban J connectivity index is 1.91. The molecule has 1 N–H and O–H groups in total. The Morgan fingerprint density at radius 2 is 2.24 bits per heavy atom. The van der Waals surface area contributed by atoms with Crippen LogP contribution in [0.1, 0.15) is 38.7 Å². The van der Waals surface area contributed by atoms with E-state index < -0.39 is 11.4 Å². The van der Waals surface area contributed by atoms with Crippen molar-refractivity contribution in [3.05, 3.63) is 22.4 Å². The fraction of sp³-hybridized carbons (Fsp3) is 0.625. The SMILES string of the molecule is CC(C)(C(=O)O)C1CCCN(C(=O)CCc2ccsc2)C1. The van der Waals surface area contributed by atoms with Crippen LogP contribution < -0.4 is 0 Å². The lowest BCUT2D eigenvalue weighted by Crippen LogP contribution is -2.46. The maximum atomic E-state index is 12.3. The van der Waals surface area contributed by atoms with E-state index in [0.29, 0.717) is 13.0 Å². The molecule has 116 valence electrons. The number of aryl methyl sites for hydroxylation is 1. The first-order valence-electron chi connectivity index (χ1n) is 7.43. The number of hydrogen-bond donors (Lipinski definition) is 1. The molecule has 2 heterocycles. The summed E-state index contributed by atoms with van der Waals surface area (Å²) in [6.45, 7) is 4.86. The summed E-state index contributed by atoms with van der Waals surface area (Å²) in [6.07, 6.45) is 3.06. The van der Waals surface area contributed by atoms with Gasteiger partial charge in [0.2, 0.25) is 5.91 Å². The first-order chi connectivity index (χ1) is 9.91. The Morgan fingerprint density at radius 3 is 2.86 bits per heavy atom. The van der Waals surface area contributed by atoms with Crippen molar-refractivity contribution in [1.82, 2.24) is 4.90 Å². The quantitative estimate of drug-likeness (QED) is 0.909. The number of amides is 1. The summed E-state index contributed by atoms with van der Waals surface area (Å²) in [4.78, 5) is 25.5. The molecule has 1 aliphatic heterocycles. The summed E-state index contributed by atoms with van der Waals surface area (Å²) in [6, 6.07) is 2.05. The van der Waals surface area contributed by atoms with Crippen molar-refractivity contribution >= 4 is 23.2 Å². The normalized spacial score (nSPS) is 19.5. The van der Waals surface area contributed by atoms with E-state index in [1.54, 1.807) is 25.2 Å².